The van der Waals surface area contributed by atoms with E-state index in [1.807, 2.05) is 26.8 Å². The van der Waals surface area contributed by atoms with Crippen LogP contribution < -0.4 is 19.5 Å². The molecular formula is C24H25N5O4S. The van der Waals surface area contributed by atoms with Crippen LogP contribution in [0.25, 0.3) is 6.08 Å². The van der Waals surface area contributed by atoms with Gasteiger partial charge in [-0.3, -0.25) is 15.1 Å². The Morgan fingerprint density at radius 1 is 1.21 bits per heavy atom. The molecule has 0 saturated heterocycles. The number of nitrogens with zero attached hydrogens (tertiary/aromatic N) is 4. The number of nitriles is 1. The second-order valence-electron chi connectivity index (χ2n) is 7.22. The fourth-order valence-corrected chi connectivity index (χ4v) is 3.86. The SMILES string of the molecule is CCc1nnc(NC(=O)C(C#N)=Cc2ccc(OCc3ncc(C)c(OC)c3C)c(OC)c2)s1. The van der Waals surface area contributed by atoms with E-state index in [9.17, 15) is 10.1 Å². The Morgan fingerprint density at radius 3 is 2.65 bits per heavy atom. The number of pyridine rings is 1. The molecule has 1 amide bonds. The van der Waals surface area contributed by atoms with E-state index in [1.165, 1.54) is 24.5 Å². The lowest BCUT2D eigenvalue weighted by atomic mass is 10.1. The van der Waals surface area contributed by atoms with E-state index >= 15 is 0 Å². The highest BCUT2D eigenvalue weighted by molar-refractivity contribution is 7.15. The molecule has 0 unspecified atom stereocenters. The second-order valence-corrected chi connectivity index (χ2v) is 8.29. The first-order valence-electron chi connectivity index (χ1n) is 10.5. The van der Waals surface area contributed by atoms with Gasteiger partial charge in [0.25, 0.3) is 5.91 Å². The summed E-state index contributed by atoms with van der Waals surface area (Å²) in [5.74, 6) is 1.18. The van der Waals surface area contributed by atoms with Crippen molar-refractivity contribution in [3.8, 4) is 23.3 Å². The van der Waals surface area contributed by atoms with Gasteiger partial charge in [-0.25, -0.2) is 0 Å². The summed E-state index contributed by atoms with van der Waals surface area (Å²) in [6, 6.07) is 7.07. The number of hydrogen-bond acceptors (Lipinski definition) is 9. The van der Waals surface area contributed by atoms with Gasteiger partial charge in [0.15, 0.2) is 11.5 Å². The molecule has 0 bridgehead atoms. The van der Waals surface area contributed by atoms with Crippen molar-refractivity contribution in [3.05, 3.63) is 57.4 Å². The van der Waals surface area contributed by atoms with E-state index in [2.05, 4.69) is 20.5 Å². The van der Waals surface area contributed by atoms with Crippen molar-refractivity contribution >= 4 is 28.5 Å². The van der Waals surface area contributed by atoms with Gasteiger partial charge >= 0.3 is 0 Å². The van der Waals surface area contributed by atoms with Crippen molar-refractivity contribution in [1.29, 1.82) is 5.26 Å². The first-order valence-corrected chi connectivity index (χ1v) is 11.3. The molecule has 0 spiro atoms. The number of ether oxygens (including phenoxy) is 3. The Balaban J connectivity index is 1.76. The Kier molecular flexibility index (Phi) is 8.16. The molecule has 10 heteroatoms. The third kappa shape index (κ3) is 5.68. The van der Waals surface area contributed by atoms with Crippen molar-refractivity contribution in [2.75, 3.05) is 19.5 Å². The van der Waals surface area contributed by atoms with Crippen LogP contribution in [0.15, 0.2) is 30.0 Å². The smallest absolute Gasteiger partial charge is 0.268 e. The number of hydrogen-bond donors (Lipinski definition) is 1. The first kappa shape index (κ1) is 24.7. The predicted octanol–water partition coefficient (Wildman–Crippen LogP) is 4.25. The topological polar surface area (TPSA) is 119 Å². The van der Waals surface area contributed by atoms with Crippen molar-refractivity contribution in [3.63, 3.8) is 0 Å². The van der Waals surface area contributed by atoms with Gasteiger partial charge in [-0.05, 0) is 44.0 Å². The fraction of sp³-hybridized carbons (Fsp3) is 0.292. The maximum Gasteiger partial charge on any atom is 0.268 e. The number of methoxy groups -OCH3 is 2. The van der Waals surface area contributed by atoms with E-state index in [4.69, 9.17) is 14.2 Å². The summed E-state index contributed by atoms with van der Waals surface area (Å²) in [5.41, 5.74) is 3.14. The van der Waals surface area contributed by atoms with Crippen LogP contribution in [0.3, 0.4) is 0 Å². The average Bonchev–Trinajstić information content (AvgIpc) is 3.30. The highest BCUT2D eigenvalue weighted by Crippen LogP contribution is 2.31. The monoisotopic (exact) mass is 479 g/mol. The summed E-state index contributed by atoms with van der Waals surface area (Å²) in [7, 11) is 3.15. The summed E-state index contributed by atoms with van der Waals surface area (Å²) in [6.07, 6.45) is 3.94. The number of aryl methyl sites for hydroxylation is 2. The molecule has 0 fully saturated rings. The molecule has 34 heavy (non-hydrogen) atoms. The van der Waals surface area contributed by atoms with Gasteiger partial charge < -0.3 is 14.2 Å². The molecule has 3 rings (SSSR count). The van der Waals surface area contributed by atoms with Crippen LogP contribution in [0.5, 0.6) is 17.2 Å². The van der Waals surface area contributed by atoms with Gasteiger partial charge in [-0.15, -0.1) is 10.2 Å². The van der Waals surface area contributed by atoms with Gasteiger partial charge in [-0.2, -0.15) is 5.26 Å². The Morgan fingerprint density at radius 2 is 2.00 bits per heavy atom. The third-order valence-corrected chi connectivity index (χ3v) is 5.95. The molecule has 0 aliphatic rings. The number of carbonyl (C=O) groups excluding carboxylic acids is 1. The standard InChI is InChI=1S/C24H25N5O4S/c1-6-21-28-29-24(34-21)27-23(30)17(11-25)9-16-7-8-19(20(10-16)31-4)33-13-18-15(3)22(32-5)14(2)12-26-18/h7-10,12H,6,13H2,1-5H3,(H,27,29,30). The zero-order valence-electron chi connectivity index (χ0n) is 19.6. The average molecular weight is 480 g/mol. The summed E-state index contributed by atoms with van der Waals surface area (Å²) in [6.45, 7) is 6.04. The minimum Gasteiger partial charge on any atom is -0.496 e. The summed E-state index contributed by atoms with van der Waals surface area (Å²) in [4.78, 5) is 16.9. The normalized spacial score (nSPS) is 11.0. The third-order valence-electron chi connectivity index (χ3n) is 4.97. The molecule has 0 aliphatic carbocycles. The van der Waals surface area contributed by atoms with E-state index < -0.39 is 5.91 Å². The minimum atomic E-state index is -0.560. The molecule has 0 radical (unpaired) electrons. The molecule has 9 nitrogen and oxygen atoms in total. The van der Waals surface area contributed by atoms with Crippen LogP contribution in [0, 0.1) is 25.2 Å². The molecule has 0 saturated carbocycles. The second kappa shape index (κ2) is 11.2. The highest BCUT2D eigenvalue weighted by Gasteiger charge is 2.15. The van der Waals surface area contributed by atoms with E-state index in [0.717, 1.165) is 34.0 Å². The molecule has 1 N–H and O–H groups in total. The zero-order valence-corrected chi connectivity index (χ0v) is 20.4. The highest BCUT2D eigenvalue weighted by atomic mass is 32.1. The number of carbonyl (C=O) groups is 1. The van der Waals surface area contributed by atoms with Gasteiger partial charge in [0.1, 0.15) is 29.0 Å². The Bertz CT molecular complexity index is 1260. The number of aromatic nitrogens is 3. The number of rotatable bonds is 9. The van der Waals surface area contributed by atoms with Crippen LogP contribution >= 0.6 is 11.3 Å². The lowest BCUT2D eigenvalue weighted by Gasteiger charge is -2.14. The number of amides is 1. The maximum absolute atomic E-state index is 12.5. The van der Waals surface area contributed by atoms with Gasteiger partial charge in [0.2, 0.25) is 5.13 Å². The molecule has 2 aromatic heterocycles. The van der Waals surface area contributed by atoms with Gasteiger partial charge in [0.05, 0.1) is 19.9 Å². The quantitative estimate of drug-likeness (QED) is 0.357. The summed E-state index contributed by atoms with van der Waals surface area (Å²) >= 11 is 1.27. The lowest BCUT2D eigenvalue weighted by molar-refractivity contribution is -0.112. The fourth-order valence-electron chi connectivity index (χ4n) is 3.18. The molecule has 2 heterocycles. The van der Waals surface area contributed by atoms with Crippen molar-refractivity contribution in [2.24, 2.45) is 0 Å². The molecular weight excluding hydrogens is 454 g/mol. The molecule has 0 atom stereocenters. The minimum absolute atomic E-state index is 0.0736. The maximum atomic E-state index is 12.5. The lowest BCUT2D eigenvalue weighted by Crippen LogP contribution is -2.13. The largest absolute Gasteiger partial charge is 0.496 e. The molecule has 1 aromatic carbocycles. The summed E-state index contributed by atoms with van der Waals surface area (Å²) < 4.78 is 16.8. The van der Waals surface area contributed by atoms with Gasteiger partial charge in [-0.1, -0.05) is 24.3 Å². The van der Waals surface area contributed by atoms with E-state index in [0.29, 0.717) is 22.2 Å². The molecule has 3 aromatic rings. The predicted molar refractivity (Wildman–Crippen MR) is 129 cm³/mol. The Hall–Kier alpha value is -3.97. The van der Waals surface area contributed by atoms with Crippen LogP contribution in [0.4, 0.5) is 5.13 Å². The van der Waals surface area contributed by atoms with E-state index in [1.54, 1.807) is 31.5 Å². The molecule has 176 valence electrons. The zero-order chi connectivity index (χ0) is 24.7. The number of benzene rings is 1. The van der Waals surface area contributed by atoms with Crippen LogP contribution in [0.1, 0.15) is 34.3 Å². The van der Waals surface area contributed by atoms with Crippen LogP contribution in [-0.4, -0.2) is 35.3 Å². The first-order chi connectivity index (χ1) is 16.4. The van der Waals surface area contributed by atoms with Gasteiger partial charge in [0, 0.05) is 17.3 Å². The number of nitrogens with one attached hydrogen (secondary N) is 1. The van der Waals surface area contributed by atoms with Crippen LogP contribution in [0.2, 0.25) is 0 Å². The number of anilines is 1. The van der Waals surface area contributed by atoms with Crippen molar-refractivity contribution < 1.29 is 19.0 Å². The van der Waals surface area contributed by atoms with E-state index in [-0.39, 0.29) is 12.2 Å². The van der Waals surface area contributed by atoms with Crippen molar-refractivity contribution in [2.45, 2.75) is 33.8 Å². The molecule has 0 aliphatic heterocycles. The Labute approximate surface area is 202 Å². The van der Waals surface area contributed by atoms with Crippen molar-refractivity contribution in [1.82, 2.24) is 15.2 Å². The summed E-state index contributed by atoms with van der Waals surface area (Å²) in [5, 5.41) is 21.1. The van der Waals surface area contributed by atoms with Crippen LogP contribution in [-0.2, 0) is 17.8 Å².